The van der Waals surface area contributed by atoms with E-state index in [1.54, 1.807) is 10.9 Å². The van der Waals surface area contributed by atoms with Crippen LogP contribution in [-0.2, 0) is 0 Å². The molecule has 26 heavy (non-hydrogen) atoms. The van der Waals surface area contributed by atoms with Crippen LogP contribution in [0.3, 0.4) is 0 Å². The summed E-state index contributed by atoms with van der Waals surface area (Å²) in [5, 5.41) is 8.09. The Hall–Kier alpha value is -2.67. The lowest BCUT2D eigenvalue weighted by atomic mass is 10.0. The summed E-state index contributed by atoms with van der Waals surface area (Å²) in [5.41, 5.74) is 1.23. The number of hydrogen-bond donors (Lipinski definition) is 2. The molecule has 0 saturated heterocycles. The summed E-state index contributed by atoms with van der Waals surface area (Å²) in [6, 6.07) is 10.0. The maximum atomic E-state index is 12.4. The van der Waals surface area contributed by atoms with Gasteiger partial charge >= 0.3 is 0 Å². The van der Waals surface area contributed by atoms with Crippen LogP contribution in [0, 0.1) is 5.92 Å². The number of likely N-dealkylation sites (N-methyl/N-ethyl adjacent to an activating group) is 1. The predicted molar refractivity (Wildman–Crippen MR) is 105 cm³/mol. The molecule has 2 N–H and O–H groups in total. The minimum Gasteiger partial charge on any atom is -0.354 e. The number of benzene rings is 1. The van der Waals surface area contributed by atoms with Crippen molar-refractivity contribution < 1.29 is 0 Å². The quantitative estimate of drug-likeness (QED) is 0.681. The van der Waals surface area contributed by atoms with Crippen LogP contribution >= 0.6 is 0 Å². The molecule has 1 atom stereocenters. The van der Waals surface area contributed by atoms with Crippen molar-refractivity contribution in [2.45, 2.75) is 26.3 Å². The van der Waals surface area contributed by atoms with Crippen molar-refractivity contribution in [3.05, 3.63) is 46.9 Å². The van der Waals surface area contributed by atoms with Gasteiger partial charge in [-0.1, -0.05) is 32.0 Å². The van der Waals surface area contributed by atoms with Crippen molar-refractivity contribution in [1.29, 1.82) is 0 Å². The zero-order chi connectivity index (χ0) is 18.7. The number of hydrogen-bond acceptors (Lipinski definition) is 5. The van der Waals surface area contributed by atoms with Crippen LogP contribution in [0.5, 0.6) is 0 Å². The lowest BCUT2D eigenvalue weighted by Crippen LogP contribution is -2.36. The van der Waals surface area contributed by atoms with Gasteiger partial charge in [-0.15, -0.1) is 0 Å². The Morgan fingerprint density at radius 3 is 2.62 bits per heavy atom. The monoisotopic (exact) mass is 354 g/mol. The number of rotatable bonds is 7. The van der Waals surface area contributed by atoms with Gasteiger partial charge in [-0.3, -0.25) is 9.78 Å². The molecular formula is C19H26N6O. The van der Waals surface area contributed by atoms with Crippen molar-refractivity contribution in [1.82, 2.24) is 24.6 Å². The summed E-state index contributed by atoms with van der Waals surface area (Å²) in [7, 11) is 4.14. The first-order valence-corrected chi connectivity index (χ1v) is 8.89. The second-order valence-electron chi connectivity index (χ2n) is 7.17. The number of aromatic nitrogens is 4. The van der Waals surface area contributed by atoms with Gasteiger partial charge in [-0.25, -0.2) is 4.68 Å². The molecule has 7 nitrogen and oxygen atoms in total. The number of anilines is 1. The second-order valence-corrected chi connectivity index (χ2v) is 7.17. The Bertz CT molecular complexity index is 913. The molecule has 0 bridgehead atoms. The van der Waals surface area contributed by atoms with Crippen molar-refractivity contribution in [3.8, 4) is 5.69 Å². The Morgan fingerprint density at radius 2 is 1.96 bits per heavy atom. The van der Waals surface area contributed by atoms with Gasteiger partial charge in [-0.2, -0.15) is 10.1 Å². The molecule has 0 aliphatic carbocycles. The fraction of sp³-hybridized carbons (Fsp3) is 0.421. The van der Waals surface area contributed by atoms with Crippen molar-refractivity contribution in [3.63, 3.8) is 0 Å². The van der Waals surface area contributed by atoms with Gasteiger partial charge in [0.2, 0.25) is 5.95 Å². The first-order valence-electron chi connectivity index (χ1n) is 8.89. The van der Waals surface area contributed by atoms with E-state index in [1.807, 2.05) is 30.3 Å². The van der Waals surface area contributed by atoms with Crippen LogP contribution in [0.4, 0.5) is 5.95 Å². The Balaban J connectivity index is 1.89. The SMILES string of the molecule is CC(C)CC(CNc1nc2c(cnn2-c2ccccc2)c(=O)[nH]1)N(C)C. The van der Waals surface area contributed by atoms with Gasteiger partial charge in [0.25, 0.3) is 5.56 Å². The van der Waals surface area contributed by atoms with Crippen LogP contribution in [0.15, 0.2) is 41.3 Å². The smallest absolute Gasteiger partial charge is 0.263 e. The molecule has 0 radical (unpaired) electrons. The van der Waals surface area contributed by atoms with Gasteiger partial charge in [0.05, 0.1) is 11.9 Å². The summed E-state index contributed by atoms with van der Waals surface area (Å²) < 4.78 is 1.69. The summed E-state index contributed by atoms with van der Waals surface area (Å²) in [5.74, 6) is 1.06. The highest BCUT2D eigenvalue weighted by Crippen LogP contribution is 2.15. The lowest BCUT2D eigenvalue weighted by molar-refractivity contribution is 0.265. The number of H-pyrrole nitrogens is 1. The Kier molecular flexibility index (Phi) is 5.37. The Morgan fingerprint density at radius 1 is 1.23 bits per heavy atom. The average Bonchev–Trinajstić information content (AvgIpc) is 3.03. The maximum absolute atomic E-state index is 12.4. The minimum absolute atomic E-state index is 0.190. The third kappa shape index (κ3) is 3.94. The third-order valence-corrected chi connectivity index (χ3v) is 4.42. The molecule has 0 fully saturated rings. The fourth-order valence-electron chi connectivity index (χ4n) is 3.00. The number of nitrogens with one attached hydrogen (secondary N) is 2. The molecule has 0 aliphatic rings. The van der Waals surface area contributed by atoms with Crippen LogP contribution in [0.2, 0.25) is 0 Å². The molecule has 138 valence electrons. The molecule has 2 aromatic heterocycles. The van der Waals surface area contributed by atoms with Crippen LogP contribution in [0.1, 0.15) is 20.3 Å². The molecule has 0 amide bonds. The van der Waals surface area contributed by atoms with E-state index in [9.17, 15) is 4.79 Å². The van der Waals surface area contributed by atoms with E-state index < -0.39 is 0 Å². The average molecular weight is 354 g/mol. The molecule has 3 rings (SSSR count). The summed E-state index contributed by atoms with van der Waals surface area (Å²) in [6.07, 6.45) is 2.62. The van der Waals surface area contributed by atoms with Gasteiger partial charge in [-0.05, 0) is 38.6 Å². The van der Waals surface area contributed by atoms with E-state index in [-0.39, 0.29) is 5.56 Å². The highest BCUT2D eigenvalue weighted by molar-refractivity contribution is 5.76. The van der Waals surface area contributed by atoms with Crippen LogP contribution in [-0.4, -0.2) is 51.3 Å². The van der Waals surface area contributed by atoms with Crippen molar-refractivity contribution in [2.75, 3.05) is 26.0 Å². The second kappa shape index (κ2) is 7.70. The van der Waals surface area contributed by atoms with Crippen LogP contribution in [0.25, 0.3) is 16.7 Å². The van der Waals surface area contributed by atoms with Gasteiger partial charge in [0, 0.05) is 12.6 Å². The highest BCUT2D eigenvalue weighted by atomic mass is 16.1. The van der Waals surface area contributed by atoms with Gasteiger partial charge < -0.3 is 10.2 Å². The molecule has 1 unspecified atom stereocenters. The molecule has 1 aromatic carbocycles. The van der Waals surface area contributed by atoms with Gasteiger partial charge in [0.15, 0.2) is 5.65 Å². The third-order valence-electron chi connectivity index (χ3n) is 4.42. The topological polar surface area (TPSA) is 78.8 Å². The number of fused-ring (bicyclic) bond motifs is 1. The number of aromatic amines is 1. The van der Waals surface area contributed by atoms with Crippen LogP contribution < -0.4 is 10.9 Å². The van der Waals surface area contributed by atoms with E-state index in [2.05, 4.69) is 53.2 Å². The number of para-hydroxylation sites is 1. The molecule has 0 spiro atoms. The molecule has 3 aromatic rings. The first-order chi connectivity index (χ1) is 12.5. The van der Waals surface area contributed by atoms with E-state index >= 15 is 0 Å². The standard InChI is InChI=1S/C19H26N6O/c1-13(2)10-15(24(3)4)11-20-19-22-17-16(18(26)23-19)12-21-25(17)14-8-6-5-7-9-14/h5-9,12-13,15H,10-11H2,1-4H3,(H2,20,22,23,26). The van der Waals surface area contributed by atoms with E-state index in [0.29, 0.717) is 35.5 Å². The molecule has 7 heteroatoms. The maximum Gasteiger partial charge on any atom is 0.263 e. The molecule has 0 saturated carbocycles. The highest BCUT2D eigenvalue weighted by Gasteiger charge is 2.15. The Labute approximate surface area is 153 Å². The zero-order valence-electron chi connectivity index (χ0n) is 15.7. The predicted octanol–water partition coefficient (Wildman–Crippen LogP) is 2.50. The lowest BCUT2D eigenvalue weighted by Gasteiger charge is -2.26. The van der Waals surface area contributed by atoms with E-state index in [1.165, 1.54) is 0 Å². The summed E-state index contributed by atoms with van der Waals surface area (Å²) in [4.78, 5) is 22.0. The zero-order valence-corrected chi connectivity index (χ0v) is 15.7. The minimum atomic E-state index is -0.190. The summed E-state index contributed by atoms with van der Waals surface area (Å²) in [6.45, 7) is 5.13. The molecular weight excluding hydrogens is 328 g/mol. The largest absolute Gasteiger partial charge is 0.354 e. The fourth-order valence-corrected chi connectivity index (χ4v) is 3.00. The first kappa shape index (κ1) is 18.1. The van der Waals surface area contributed by atoms with E-state index in [0.717, 1.165) is 12.1 Å². The van der Waals surface area contributed by atoms with Gasteiger partial charge in [0.1, 0.15) is 5.39 Å². The number of nitrogens with zero attached hydrogens (tertiary/aromatic N) is 4. The molecule has 0 aliphatic heterocycles. The molecule has 2 heterocycles. The van der Waals surface area contributed by atoms with Crippen molar-refractivity contribution >= 4 is 17.0 Å². The van der Waals surface area contributed by atoms with Crippen molar-refractivity contribution in [2.24, 2.45) is 5.92 Å². The normalized spacial score (nSPS) is 12.8. The van der Waals surface area contributed by atoms with E-state index in [4.69, 9.17) is 0 Å². The summed E-state index contributed by atoms with van der Waals surface area (Å²) >= 11 is 0.